The summed E-state index contributed by atoms with van der Waals surface area (Å²) in [5.41, 5.74) is 8.06. The van der Waals surface area contributed by atoms with Gasteiger partial charge in [0, 0.05) is 29.6 Å². The predicted molar refractivity (Wildman–Crippen MR) is 80.2 cm³/mol. The van der Waals surface area contributed by atoms with Crippen molar-refractivity contribution in [3.8, 4) is 17.2 Å². The van der Waals surface area contributed by atoms with Crippen LogP contribution in [0.3, 0.4) is 0 Å². The molecule has 0 aliphatic rings. The topological polar surface area (TPSA) is 65.7 Å². The fraction of sp³-hybridized carbons (Fsp3) is 0.200. The number of hydrogen-bond acceptors (Lipinski definition) is 5. The zero-order chi connectivity index (χ0) is 14.5. The number of ether oxygens (including phenoxy) is 3. The molecular weight excluding hydrogens is 256 g/mol. The molecule has 0 radical (unpaired) electrons. The minimum Gasteiger partial charge on any atom is -0.497 e. The Morgan fingerprint density at radius 2 is 1.60 bits per heavy atom. The second-order valence-corrected chi connectivity index (χ2v) is 4.19. The molecule has 2 aromatic carbocycles. The second kappa shape index (κ2) is 6.06. The van der Waals surface area contributed by atoms with E-state index in [1.807, 2.05) is 30.3 Å². The number of methoxy groups -OCH3 is 3. The third-order valence-electron chi connectivity index (χ3n) is 2.85. The van der Waals surface area contributed by atoms with Crippen molar-refractivity contribution in [3.63, 3.8) is 0 Å². The lowest BCUT2D eigenvalue weighted by Crippen LogP contribution is -1.97. The summed E-state index contributed by atoms with van der Waals surface area (Å²) in [5.74, 6) is 2.14. The van der Waals surface area contributed by atoms with E-state index in [1.165, 1.54) is 0 Å². The molecule has 0 aliphatic carbocycles. The fourth-order valence-corrected chi connectivity index (χ4v) is 1.88. The number of nitrogens with one attached hydrogen (secondary N) is 1. The van der Waals surface area contributed by atoms with Gasteiger partial charge in [-0.25, -0.2) is 0 Å². The number of anilines is 3. The lowest BCUT2D eigenvalue weighted by molar-refractivity contribution is 0.405. The molecule has 0 aromatic heterocycles. The zero-order valence-electron chi connectivity index (χ0n) is 11.8. The van der Waals surface area contributed by atoms with Crippen molar-refractivity contribution in [3.05, 3.63) is 36.4 Å². The van der Waals surface area contributed by atoms with Crippen LogP contribution in [0.1, 0.15) is 0 Å². The van der Waals surface area contributed by atoms with Crippen LogP contribution in [-0.2, 0) is 0 Å². The fourth-order valence-electron chi connectivity index (χ4n) is 1.88. The molecule has 2 aromatic rings. The van der Waals surface area contributed by atoms with Crippen LogP contribution >= 0.6 is 0 Å². The van der Waals surface area contributed by atoms with Crippen molar-refractivity contribution in [2.75, 3.05) is 32.4 Å². The molecule has 0 bridgehead atoms. The van der Waals surface area contributed by atoms with Gasteiger partial charge in [-0.1, -0.05) is 0 Å². The second-order valence-electron chi connectivity index (χ2n) is 4.19. The average molecular weight is 274 g/mol. The Hall–Kier alpha value is -2.56. The Balaban J connectivity index is 2.35. The number of benzene rings is 2. The monoisotopic (exact) mass is 274 g/mol. The highest BCUT2D eigenvalue weighted by atomic mass is 16.5. The van der Waals surface area contributed by atoms with Crippen LogP contribution < -0.4 is 25.3 Å². The predicted octanol–water partition coefficient (Wildman–Crippen LogP) is 3.04. The Kier molecular flexibility index (Phi) is 4.20. The molecular formula is C15H18N2O3. The van der Waals surface area contributed by atoms with E-state index in [9.17, 15) is 0 Å². The molecule has 106 valence electrons. The molecule has 0 atom stereocenters. The third kappa shape index (κ3) is 3.06. The smallest absolute Gasteiger partial charge is 0.142 e. The summed E-state index contributed by atoms with van der Waals surface area (Å²) < 4.78 is 15.7. The lowest BCUT2D eigenvalue weighted by atomic mass is 10.2. The van der Waals surface area contributed by atoms with E-state index in [-0.39, 0.29) is 0 Å². The summed E-state index contributed by atoms with van der Waals surface area (Å²) in [4.78, 5) is 0. The largest absolute Gasteiger partial charge is 0.497 e. The summed E-state index contributed by atoms with van der Waals surface area (Å²) in [5, 5.41) is 3.25. The van der Waals surface area contributed by atoms with Crippen molar-refractivity contribution in [1.29, 1.82) is 0 Å². The molecule has 0 heterocycles. The van der Waals surface area contributed by atoms with E-state index in [1.54, 1.807) is 27.4 Å². The van der Waals surface area contributed by atoms with Gasteiger partial charge in [-0.2, -0.15) is 0 Å². The van der Waals surface area contributed by atoms with Crippen molar-refractivity contribution < 1.29 is 14.2 Å². The van der Waals surface area contributed by atoms with Crippen molar-refractivity contribution in [2.24, 2.45) is 0 Å². The Bertz CT molecular complexity index is 600. The van der Waals surface area contributed by atoms with E-state index in [0.717, 1.165) is 17.1 Å². The molecule has 0 aliphatic heterocycles. The SMILES string of the molecule is COc1cc(N)cc(Nc2cc(OC)ccc2OC)c1. The highest BCUT2D eigenvalue weighted by molar-refractivity contribution is 5.71. The Morgan fingerprint density at radius 3 is 2.25 bits per heavy atom. The molecule has 0 spiro atoms. The van der Waals surface area contributed by atoms with Gasteiger partial charge in [0.1, 0.15) is 17.2 Å². The zero-order valence-corrected chi connectivity index (χ0v) is 11.8. The van der Waals surface area contributed by atoms with Crippen LogP contribution in [0.4, 0.5) is 17.1 Å². The third-order valence-corrected chi connectivity index (χ3v) is 2.85. The highest BCUT2D eigenvalue weighted by Crippen LogP contribution is 2.33. The van der Waals surface area contributed by atoms with Gasteiger partial charge >= 0.3 is 0 Å². The summed E-state index contributed by atoms with van der Waals surface area (Å²) in [6, 6.07) is 11.0. The van der Waals surface area contributed by atoms with Crippen LogP contribution in [0.2, 0.25) is 0 Å². The van der Waals surface area contributed by atoms with Crippen LogP contribution in [0, 0.1) is 0 Å². The molecule has 0 amide bonds. The number of nitrogens with two attached hydrogens (primary N) is 1. The number of nitrogen functional groups attached to an aromatic ring is 1. The molecule has 5 heteroatoms. The van der Waals surface area contributed by atoms with Gasteiger partial charge in [0.25, 0.3) is 0 Å². The van der Waals surface area contributed by atoms with Gasteiger partial charge in [-0.05, 0) is 18.2 Å². The molecule has 20 heavy (non-hydrogen) atoms. The first-order valence-corrected chi connectivity index (χ1v) is 6.10. The normalized spacial score (nSPS) is 9.95. The van der Waals surface area contributed by atoms with E-state index >= 15 is 0 Å². The van der Waals surface area contributed by atoms with Gasteiger partial charge in [-0.15, -0.1) is 0 Å². The molecule has 0 saturated carbocycles. The summed E-state index contributed by atoms with van der Waals surface area (Å²) in [6.07, 6.45) is 0. The molecule has 5 nitrogen and oxygen atoms in total. The van der Waals surface area contributed by atoms with Gasteiger partial charge in [0.05, 0.1) is 27.0 Å². The quantitative estimate of drug-likeness (QED) is 0.820. The molecule has 0 fully saturated rings. The maximum absolute atomic E-state index is 5.84. The average Bonchev–Trinajstić information content (AvgIpc) is 2.46. The van der Waals surface area contributed by atoms with Gasteiger partial charge in [0.15, 0.2) is 0 Å². The standard InChI is InChI=1S/C15H18N2O3/c1-18-12-4-5-15(20-3)14(9-12)17-11-6-10(16)7-13(8-11)19-2/h4-9,17H,16H2,1-3H3. The van der Waals surface area contributed by atoms with Gasteiger partial charge in [-0.3, -0.25) is 0 Å². The van der Waals surface area contributed by atoms with E-state index in [0.29, 0.717) is 17.2 Å². The first-order valence-electron chi connectivity index (χ1n) is 6.10. The van der Waals surface area contributed by atoms with Crippen molar-refractivity contribution in [1.82, 2.24) is 0 Å². The summed E-state index contributed by atoms with van der Waals surface area (Å²) in [7, 11) is 4.84. The van der Waals surface area contributed by atoms with Crippen LogP contribution in [0.25, 0.3) is 0 Å². The highest BCUT2D eigenvalue weighted by Gasteiger charge is 2.07. The Morgan fingerprint density at radius 1 is 0.850 bits per heavy atom. The van der Waals surface area contributed by atoms with Crippen LogP contribution in [0.5, 0.6) is 17.2 Å². The Labute approximate surface area is 118 Å². The van der Waals surface area contributed by atoms with Crippen LogP contribution in [0.15, 0.2) is 36.4 Å². The first-order chi connectivity index (χ1) is 9.66. The minimum absolute atomic E-state index is 0.619. The van der Waals surface area contributed by atoms with E-state index in [2.05, 4.69) is 5.32 Å². The first kappa shape index (κ1) is 13.9. The number of hydrogen-bond donors (Lipinski definition) is 2. The summed E-state index contributed by atoms with van der Waals surface area (Å²) >= 11 is 0. The minimum atomic E-state index is 0.619. The molecule has 0 saturated heterocycles. The van der Waals surface area contributed by atoms with E-state index in [4.69, 9.17) is 19.9 Å². The maximum atomic E-state index is 5.84. The van der Waals surface area contributed by atoms with E-state index < -0.39 is 0 Å². The van der Waals surface area contributed by atoms with Crippen molar-refractivity contribution in [2.45, 2.75) is 0 Å². The van der Waals surface area contributed by atoms with Gasteiger partial charge < -0.3 is 25.3 Å². The summed E-state index contributed by atoms with van der Waals surface area (Å²) in [6.45, 7) is 0. The number of rotatable bonds is 5. The molecule has 2 rings (SSSR count). The lowest BCUT2D eigenvalue weighted by Gasteiger charge is -2.14. The van der Waals surface area contributed by atoms with Crippen LogP contribution in [-0.4, -0.2) is 21.3 Å². The maximum Gasteiger partial charge on any atom is 0.142 e. The van der Waals surface area contributed by atoms with Crippen molar-refractivity contribution >= 4 is 17.1 Å². The molecule has 3 N–H and O–H groups in total. The van der Waals surface area contributed by atoms with Gasteiger partial charge in [0.2, 0.25) is 0 Å². The molecule has 0 unspecified atom stereocenters.